The number of rotatable bonds is 51. The third kappa shape index (κ3) is 56.2. The van der Waals surface area contributed by atoms with Crippen LogP contribution in [0.1, 0.15) is 219 Å². The SMILES string of the molecule is CC/C=C\C/C=C\C/C=C\C/C=C\C/C=C\CCCCCCCC(=O)OC(COCCCCCCCCCCCCC/C=C\C/C=C\C/C=C\CCCCCCC)COP(=O)([O-])OCC[N+](C)(C)C. The molecule has 0 radical (unpaired) electrons. The van der Waals surface area contributed by atoms with Crippen molar-refractivity contribution in [1.82, 2.24) is 0 Å². The fraction of sp³-hybridized carbons (Fsp3) is 0.717. The van der Waals surface area contributed by atoms with Crippen molar-refractivity contribution in [3.8, 4) is 0 Å². The number of phosphoric acid groups is 1. The molecule has 0 saturated carbocycles. The molecule has 69 heavy (non-hydrogen) atoms. The maximum Gasteiger partial charge on any atom is 0.306 e. The van der Waals surface area contributed by atoms with Gasteiger partial charge < -0.3 is 27.9 Å². The van der Waals surface area contributed by atoms with Crippen molar-refractivity contribution in [2.24, 2.45) is 0 Å². The van der Waals surface area contributed by atoms with Crippen LogP contribution < -0.4 is 4.89 Å². The van der Waals surface area contributed by atoms with E-state index in [1.165, 1.54) is 103 Å². The van der Waals surface area contributed by atoms with Gasteiger partial charge in [-0.25, -0.2) is 0 Å². The number of likely N-dealkylation sites (N-methyl/N-ethyl adjacent to an activating group) is 1. The van der Waals surface area contributed by atoms with Gasteiger partial charge in [0.1, 0.15) is 19.3 Å². The molecule has 0 aliphatic carbocycles. The first kappa shape index (κ1) is 66.4. The van der Waals surface area contributed by atoms with Crippen molar-refractivity contribution >= 4 is 13.8 Å². The normalized spacial score (nSPS) is 14.2. The molecule has 0 spiro atoms. The Morgan fingerprint density at radius 3 is 1.26 bits per heavy atom. The van der Waals surface area contributed by atoms with Crippen molar-refractivity contribution in [2.45, 2.75) is 225 Å². The number of unbranched alkanes of at least 4 members (excludes halogenated alkanes) is 21. The molecule has 2 unspecified atom stereocenters. The first-order valence-corrected chi connectivity index (χ1v) is 29.4. The van der Waals surface area contributed by atoms with E-state index in [9.17, 15) is 14.3 Å². The van der Waals surface area contributed by atoms with Crippen molar-refractivity contribution in [2.75, 3.05) is 54.1 Å². The number of nitrogens with zero attached hydrogens (tertiary/aromatic N) is 1. The van der Waals surface area contributed by atoms with E-state index in [4.69, 9.17) is 18.5 Å². The molecular formula is C60H106NO7P. The minimum atomic E-state index is -4.55. The van der Waals surface area contributed by atoms with Crippen LogP contribution in [-0.4, -0.2) is 70.7 Å². The van der Waals surface area contributed by atoms with Gasteiger partial charge in [-0.1, -0.05) is 214 Å². The average molecular weight is 984 g/mol. The highest BCUT2D eigenvalue weighted by atomic mass is 31.2. The Balaban J connectivity index is 4.15. The lowest BCUT2D eigenvalue weighted by molar-refractivity contribution is -0.870. The molecule has 2 atom stereocenters. The third-order valence-electron chi connectivity index (χ3n) is 11.6. The number of hydrogen-bond acceptors (Lipinski definition) is 7. The number of allylic oxidation sites excluding steroid dienone is 16. The summed E-state index contributed by atoms with van der Waals surface area (Å²) in [5.74, 6) is -0.355. The molecule has 0 amide bonds. The van der Waals surface area contributed by atoms with Crippen LogP contribution >= 0.6 is 7.82 Å². The number of carbonyl (C=O) groups is 1. The summed E-state index contributed by atoms with van der Waals surface area (Å²) in [5, 5.41) is 0. The van der Waals surface area contributed by atoms with Crippen molar-refractivity contribution in [1.29, 1.82) is 0 Å². The minimum Gasteiger partial charge on any atom is -0.756 e. The molecule has 0 saturated heterocycles. The molecule has 0 aliphatic heterocycles. The Morgan fingerprint density at radius 1 is 0.464 bits per heavy atom. The van der Waals surface area contributed by atoms with E-state index in [1.807, 2.05) is 21.1 Å². The van der Waals surface area contributed by atoms with Crippen LogP contribution in [0.15, 0.2) is 97.2 Å². The van der Waals surface area contributed by atoms with Crippen LogP contribution in [0, 0.1) is 0 Å². The summed E-state index contributed by atoms with van der Waals surface area (Å²) < 4.78 is 34.8. The van der Waals surface area contributed by atoms with E-state index in [2.05, 4.69) is 111 Å². The second-order valence-corrected chi connectivity index (χ2v) is 21.0. The summed E-state index contributed by atoms with van der Waals surface area (Å²) in [6.45, 7) is 5.25. The van der Waals surface area contributed by atoms with Gasteiger partial charge in [0.05, 0.1) is 34.4 Å². The molecule has 0 heterocycles. The fourth-order valence-corrected chi connectivity index (χ4v) is 8.07. The van der Waals surface area contributed by atoms with Crippen LogP contribution in [0.3, 0.4) is 0 Å². The molecule has 0 N–H and O–H groups in total. The highest BCUT2D eigenvalue weighted by Gasteiger charge is 2.20. The first-order chi connectivity index (χ1) is 33.6. The predicted octanol–water partition coefficient (Wildman–Crippen LogP) is 17.1. The van der Waals surface area contributed by atoms with Crippen LogP contribution in [0.2, 0.25) is 0 Å². The monoisotopic (exact) mass is 984 g/mol. The highest BCUT2D eigenvalue weighted by Crippen LogP contribution is 2.38. The molecule has 0 aromatic rings. The van der Waals surface area contributed by atoms with E-state index in [0.29, 0.717) is 17.6 Å². The molecular weight excluding hydrogens is 878 g/mol. The molecule has 0 aromatic carbocycles. The zero-order valence-corrected chi connectivity index (χ0v) is 46.1. The summed E-state index contributed by atoms with van der Waals surface area (Å²) in [6, 6.07) is 0. The summed E-state index contributed by atoms with van der Waals surface area (Å²) >= 11 is 0. The Morgan fingerprint density at radius 2 is 0.841 bits per heavy atom. The Kier molecular flexibility index (Phi) is 49.8. The van der Waals surface area contributed by atoms with Gasteiger partial charge in [0, 0.05) is 13.0 Å². The number of hydrogen-bond donors (Lipinski definition) is 0. The molecule has 9 heteroatoms. The number of esters is 1. The van der Waals surface area contributed by atoms with Gasteiger partial charge in [0.15, 0.2) is 0 Å². The van der Waals surface area contributed by atoms with E-state index in [-0.39, 0.29) is 32.2 Å². The average Bonchev–Trinajstić information content (AvgIpc) is 3.31. The third-order valence-corrected chi connectivity index (χ3v) is 12.6. The van der Waals surface area contributed by atoms with Crippen molar-refractivity contribution < 1.29 is 37.3 Å². The Hall–Kier alpha value is -2.58. The molecule has 0 fully saturated rings. The lowest BCUT2D eigenvalue weighted by Crippen LogP contribution is -2.37. The molecule has 0 aromatic heterocycles. The number of carbonyl (C=O) groups excluding carboxylic acids is 1. The van der Waals surface area contributed by atoms with Gasteiger partial charge in [-0.2, -0.15) is 0 Å². The van der Waals surface area contributed by atoms with Gasteiger partial charge in [-0.15, -0.1) is 0 Å². The Bertz CT molecular complexity index is 1420. The lowest BCUT2D eigenvalue weighted by atomic mass is 10.1. The summed E-state index contributed by atoms with van der Waals surface area (Å²) in [4.78, 5) is 25.2. The number of quaternary nitrogens is 1. The smallest absolute Gasteiger partial charge is 0.306 e. The first-order valence-electron chi connectivity index (χ1n) is 28.0. The number of ether oxygens (including phenoxy) is 2. The van der Waals surface area contributed by atoms with E-state index in [0.717, 1.165) is 96.3 Å². The van der Waals surface area contributed by atoms with E-state index in [1.54, 1.807) is 0 Å². The van der Waals surface area contributed by atoms with Crippen LogP contribution in [0.25, 0.3) is 0 Å². The topological polar surface area (TPSA) is 94.1 Å². The zero-order valence-electron chi connectivity index (χ0n) is 45.2. The van der Waals surface area contributed by atoms with Crippen LogP contribution in [0.5, 0.6) is 0 Å². The standard InChI is InChI=1S/C60H106NO7P/c1-6-8-10-12-14-16-18-20-22-24-26-28-29-30-31-32-34-36-38-40-42-44-46-48-50-52-55-65-57-59(58-67-69(63,64)66-56-54-61(3,4)5)68-60(62)53-51-49-47-45-43-41-39-37-35-33-27-25-23-21-19-17-15-13-11-9-7-2/h9,11,15,17-18,20-21,23-24,26-27,29-30,33,37,39,59H,6-8,10,12-14,16,19,22,25,28,31-32,34-36,38,40-58H2,1-5H3/b11-9-,17-15-,20-18-,23-21-,26-24-,30-29-,33-27-,39-37-. The van der Waals surface area contributed by atoms with Crippen LogP contribution in [-0.2, 0) is 27.9 Å². The van der Waals surface area contributed by atoms with Gasteiger partial charge >= 0.3 is 5.97 Å². The minimum absolute atomic E-state index is 0.0162. The second-order valence-electron chi connectivity index (χ2n) is 19.6. The molecule has 0 bridgehead atoms. The summed E-state index contributed by atoms with van der Waals surface area (Å²) in [7, 11) is 1.33. The fourth-order valence-electron chi connectivity index (χ4n) is 7.35. The second kappa shape index (κ2) is 51.8. The van der Waals surface area contributed by atoms with Gasteiger partial charge in [-0.3, -0.25) is 9.36 Å². The molecule has 0 aliphatic rings. The maximum atomic E-state index is 12.8. The van der Waals surface area contributed by atoms with Crippen LogP contribution in [0.4, 0.5) is 0 Å². The van der Waals surface area contributed by atoms with E-state index < -0.39 is 13.9 Å². The summed E-state index contributed by atoms with van der Waals surface area (Å²) in [6.07, 6.45) is 71.5. The zero-order chi connectivity index (χ0) is 50.5. The van der Waals surface area contributed by atoms with Gasteiger partial charge in [-0.05, 0) is 96.3 Å². The summed E-state index contributed by atoms with van der Waals surface area (Å²) in [5.41, 5.74) is 0. The molecule has 398 valence electrons. The van der Waals surface area contributed by atoms with E-state index >= 15 is 0 Å². The maximum absolute atomic E-state index is 12.8. The predicted molar refractivity (Wildman–Crippen MR) is 295 cm³/mol. The Labute approximate surface area is 426 Å². The van der Waals surface area contributed by atoms with Gasteiger partial charge in [0.25, 0.3) is 7.82 Å². The molecule has 8 nitrogen and oxygen atoms in total. The van der Waals surface area contributed by atoms with Crippen molar-refractivity contribution in [3.63, 3.8) is 0 Å². The largest absolute Gasteiger partial charge is 0.756 e. The quantitative estimate of drug-likeness (QED) is 0.0197. The number of phosphoric ester groups is 1. The lowest BCUT2D eigenvalue weighted by Gasteiger charge is -2.28. The van der Waals surface area contributed by atoms with Crippen molar-refractivity contribution in [3.05, 3.63) is 97.2 Å². The molecule has 0 rings (SSSR count). The van der Waals surface area contributed by atoms with Gasteiger partial charge in [0.2, 0.25) is 0 Å². The highest BCUT2D eigenvalue weighted by molar-refractivity contribution is 7.45.